The van der Waals surface area contributed by atoms with Gasteiger partial charge in [0.25, 0.3) is 0 Å². The molecule has 17 heavy (non-hydrogen) atoms. The number of hydrogen-bond donors (Lipinski definition) is 5. The first-order valence-electron chi connectivity index (χ1n) is 5.43. The van der Waals surface area contributed by atoms with Crippen molar-refractivity contribution in [3.63, 3.8) is 0 Å². The van der Waals surface area contributed by atoms with Crippen LogP contribution < -0.4 is 0 Å². The van der Waals surface area contributed by atoms with E-state index < -0.39 is 31.0 Å². The highest BCUT2D eigenvalue weighted by molar-refractivity contribution is 5.15. The zero-order valence-corrected chi connectivity index (χ0v) is 9.35. The van der Waals surface area contributed by atoms with Gasteiger partial charge in [-0.1, -0.05) is 30.3 Å². The Balaban J connectivity index is 2.55. The third-order valence-corrected chi connectivity index (χ3v) is 2.61. The van der Waals surface area contributed by atoms with Crippen LogP contribution in [0.25, 0.3) is 0 Å². The van der Waals surface area contributed by atoms with Gasteiger partial charge < -0.3 is 25.5 Å². The molecule has 0 radical (unpaired) electrons. The lowest BCUT2D eigenvalue weighted by molar-refractivity contribution is -0.114. The smallest absolute Gasteiger partial charge is 0.110 e. The van der Waals surface area contributed by atoms with Crippen molar-refractivity contribution in [1.82, 2.24) is 0 Å². The zero-order chi connectivity index (χ0) is 12.8. The maximum atomic E-state index is 9.68. The molecule has 0 aliphatic heterocycles. The van der Waals surface area contributed by atoms with Crippen molar-refractivity contribution in [2.24, 2.45) is 0 Å². The highest BCUT2D eigenvalue weighted by atomic mass is 16.4. The molecule has 0 heterocycles. The highest BCUT2D eigenvalue weighted by Crippen LogP contribution is 2.10. The molecule has 0 aliphatic rings. The average molecular weight is 242 g/mol. The van der Waals surface area contributed by atoms with E-state index >= 15 is 0 Å². The largest absolute Gasteiger partial charge is 0.394 e. The molecule has 5 heteroatoms. The molecule has 1 unspecified atom stereocenters. The zero-order valence-electron chi connectivity index (χ0n) is 9.35. The van der Waals surface area contributed by atoms with Gasteiger partial charge in [-0.3, -0.25) is 0 Å². The molecule has 0 amide bonds. The van der Waals surface area contributed by atoms with Gasteiger partial charge in [-0.2, -0.15) is 0 Å². The normalized spacial score (nSPS) is 18.4. The maximum Gasteiger partial charge on any atom is 0.110 e. The maximum absolute atomic E-state index is 9.68. The Bertz CT molecular complexity index is 316. The second-order valence-corrected chi connectivity index (χ2v) is 3.99. The lowest BCUT2D eigenvalue weighted by atomic mass is 9.98. The molecule has 0 aromatic heterocycles. The minimum absolute atomic E-state index is 0.164. The molecule has 96 valence electrons. The van der Waals surface area contributed by atoms with Crippen LogP contribution in [0.3, 0.4) is 0 Å². The third kappa shape index (κ3) is 4.07. The summed E-state index contributed by atoms with van der Waals surface area (Å²) in [7, 11) is 0. The Hall–Kier alpha value is -0.980. The summed E-state index contributed by atoms with van der Waals surface area (Å²) in [6.45, 7) is -0.670. The summed E-state index contributed by atoms with van der Waals surface area (Å²) in [6.07, 6.45) is -5.57. The van der Waals surface area contributed by atoms with Gasteiger partial charge in [0.1, 0.15) is 18.3 Å². The second-order valence-electron chi connectivity index (χ2n) is 3.99. The molecular formula is C12H18O5. The number of benzene rings is 1. The highest BCUT2D eigenvalue weighted by Gasteiger charge is 2.29. The van der Waals surface area contributed by atoms with Crippen LogP contribution in [0.4, 0.5) is 0 Å². The van der Waals surface area contributed by atoms with Gasteiger partial charge in [-0.05, 0) is 5.56 Å². The summed E-state index contributed by atoms with van der Waals surface area (Å²) < 4.78 is 0. The van der Waals surface area contributed by atoms with Gasteiger partial charge in [-0.25, -0.2) is 0 Å². The van der Waals surface area contributed by atoms with Crippen LogP contribution in [0.2, 0.25) is 0 Å². The first-order valence-corrected chi connectivity index (χ1v) is 5.43. The van der Waals surface area contributed by atoms with E-state index in [9.17, 15) is 15.3 Å². The van der Waals surface area contributed by atoms with E-state index in [2.05, 4.69) is 0 Å². The number of aliphatic hydroxyl groups excluding tert-OH is 5. The number of aliphatic hydroxyl groups is 5. The molecule has 0 bridgehead atoms. The minimum Gasteiger partial charge on any atom is -0.394 e. The molecule has 0 fully saturated rings. The number of hydrogen-bond acceptors (Lipinski definition) is 5. The Labute approximate surface area is 99.6 Å². The van der Waals surface area contributed by atoms with Crippen LogP contribution in [-0.4, -0.2) is 56.6 Å². The van der Waals surface area contributed by atoms with Crippen molar-refractivity contribution < 1.29 is 25.5 Å². The van der Waals surface area contributed by atoms with Crippen LogP contribution in [0, 0.1) is 0 Å². The topological polar surface area (TPSA) is 101 Å². The number of rotatable bonds is 6. The quantitative estimate of drug-likeness (QED) is 0.425. The van der Waals surface area contributed by atoms with Crippen LogP contribution in [0.15, 0.2) is 30.3 Å². The van der Waals surface area contributed by atoms with Crippen molar-refractivity contribution in [2.75, 3.05) is 6.61 Å². The lowest BCUT2D eigenvalue weighted by Crippen LogP contribution is -2.46. The summed E-state index contributed by atoms with van der Waals surface area (Å²) in [5.74, 6) is 0. The molecule has 0 saturated heterocycles. The Morgan fingerprint density at radius 1 is 0.824 bits per heavy atom. The predicted molar refractivity (Wildman–Crippen MR) is 61.3 cm³/mol. The lowest BCUT2D eigenvalue weighted by Gasteiger charge is -2.25. The molecule has 5 N–H and O–H groups in total. The summed E-state index contributed by atoms with van der Waals surface area (Å²) >= 11 is 0. The SMILES string of the molecule is OC[C@@H](O)[C@H](O)[C@@H](O)C(O)Cc1ccccc1. The Morgan fingerprint density at radius 3 is 1.88 bits per heavy atom. The van der Waals surface area contributed by atoms with Gasteiger partial charge >= 0.3 is 0 Å². The van der Waals surface area contributed by atoms with Crippen LogP contribution >= 0.6 is 0 Å². The third-order valence-electron chi connectivity index (χ3n) is 2.61. The molecule has 1 aromatic rings. The van der Waals surface area contributed by atoms with E-state index in [0.717, 1.165) is 5.56 Å². The second kappa shape index (κ2) is 6.68. The van der Waals surface area contributed by atoms with Crippen LogP contribution in [0.1, 0.15) is 5.56 Å². The van der Waals surface area contributed by atoms with Gasteiger partial charge in [0.2, 0.25) is 0 Å². The van der Waals surface area contributed by atoms with Gasteiger partial charge in [0.15, 0.2) is 0 Å². The fraction of sp³-hybridized carbons (Fsp3) is 0.500. The molecule has 4 atom stereocenters. The van der Waals surface area contributed by atoms with E-state index in [0.29, 0.717) is 0 Å². The van der Waals surface area contributed by atoms with Gasteiger partial charge in [0, 0.05) is 6.42 Å². The summed E-state index contributed by atoms with van der Waals surface area (Å²) in [5, 5.41) is 46.4. The Morgan fingerprint density at radius 2 is 1.35 bits per heavy atom. The molecule has 1 rings (SSSR count). The summed E-state index contributed by atoms with van der Waals surface area (Å²) in [6, 6.07) is 8.99. The van der Waals surface area contributed by atoms with Crippen LogP contribution in [-0.2, 0) is 6.42 Å². The van der Waals surface area contributed by atoms with E-state index in [1.807, 2.05) is 6.07 Å². The van der Waals surface area contributed by atoms with Crippen molar-refractivity contribution in [2.45, 2.75) is 30.8 Å². The molecule has 1 aromatic carbocycles. The van der Waals surface area contributed by atoms with E-state index in [-0.39, 0.29) is 6.42 Å². The monoisotopic (exact) mass is 242 g/mol. The minimum atomic E-state index is -1.57. The predicted octanol–water partition coefficient (Wildman–Crippen LogP) is -1.33. The van der Waals surface area contributed by atoms with Gasteiger partial charge in [0.05, 0.1) is 12.7 Å². The summed E-state index contributed by atoms with van der Waals surface area (Å²) in [5.41, 5.74) is 0.810. The van der Waals surface area contributed by atoms with Gasteiger partial charge in [-0.15, -0.1) is 0 Å². The first-order chi connectivity index (χ1) is 8.06. The van der Waals surface area contributed by atoms with E-state index in [1.54, 1.807) is 24.3 Å². The Kier molecular flexibility index (Phi) is 5.54. The van der Waals surface area contributed by atoms with Crippen molar-refractivity contribution in [1.29, 1.82) is 0 Å². The fourth-order valence-corrected chi connectivity index (χ4v) is 1.54. The first kappa shape index (κ1) is 14.1. The molecule has 0 saturated carbocycles. The molecule has 0 aliphatic carbocycles. The standard InChI is InChI=1S/C12H18O5/c13-7-10(15)12(17)11(16)9(14)6-8-4-2-1-3-5-8/h1-5,9-17H,6-7H2/t9?,10-,11+,12+/m1/s1. The molecular weight excluding hydrogens is 224 g/mol. The van der Waals surface area contributed by atoms with E-state index in [4.69, 9.17) is 10.2 Å². The molecule has 0 spiro atoms. The average Bonchev–Trinajstić information content (AvgIpc) is 2.37. The van der Waals surface area contributed by atoms with Crippen LogP contribution in [0.5, 0.6) is 0 Å². The van der Waals surface area contributed by atoms with Crippen molar-refractivity contribution >= 4 is 0 Å². The molecule has 5 nitrogen and oxygen atoms in total. The van der Waals surface area contributed by atoms with Crippen molar-refractivity contribution in [3.05, 3.63) is 35.9 Å². The fourth-order valence-electron chi connectivity index (χ4n) is 1.54. The van der Waals surface area contributed by atoms with Crippen molar-refractivity contribution in [3.8, 4) is 0 Å². The summed E-state index contributed by atoms with van der Waals surface area (Å²) in [4.78, 5) is 0. The van der Waals surface area contributed by atoms with E-state index in [1.165, 1.54) is 0 Å².